The van der Waals surface area contributed by atoms with Gasteiger partial charge >= 0.3 is 0 Å². The maximum atomic E-state index is 6.06. The second-order valence-corrected chi connectivity index (χ2v) is 4.81. The zero-order valence-electron chi connectivity index (χ0n) is 11.1. The van der Waals surface area contributed by atoms with E-state index in [9.17, 15) is 0 Å². The lowest BCUT2D eigenvalue weighted by Crippen LogP contribution is -1.91. The molecule has 0 aromatic heterocycles. The van der Waals surface area contributed by atoms with Crippen LogP contribution in [0.5, 0.6) is 11.5 Å². The van der Waals surface area contributed by atoms with Crippen LogP contribution in [0.1, 0.15) is 5.56 Å². The third kappa shape index (κ3) is 3.44. The summed E-state index contributed by atoms with van der Waals surface area (Å²) in [4.78, 5) is 4.34. The zero-order chi connectivity index (χ0) is 14.5. The molecule has 2 aromatic rings. The van der Waals surface area contributed by atoms with E-state index in [0.717, 1.165) is 5.56 Å². The number of hydrogen-bond acceptors (Lipinski definition) is 3. The predicted octanol–water partition coefficient (Wildman–Crippen LogP) is 4.76. The molecule has 0 aliphatic carbocycles. The normalized spacial score (nSPS) is 10.8. The molecule has 0 atom stereocenters. The Morgan fingerprint density at radius 1 is 0.950 bits per heavy atom. The monoisotopic (exact) mass is 309 g/mol. The van der Waals surface area contributed by atoms with Crippen molar-refractivity contribution in [3.05, 3.63) is 52.0 Å². The molecule has 0 spiro atoms. The van der Waals surface area contributed by atoms with Gasteiger partial charge < -0.3 is 9.47 Å². The van der Waals surface area contributed by atoms with Crippen molar-refractivity contribution < 1.29 is 9.47 Å². The van der Waals surface area contributed by atoms with Crippen LogP contribution >= 0.6 is 23.2 Å². The first kappa shape index (κ1) is 14.7. The van der Waals surface area contributed by atoms with Gasteiger partial charge in [-0.25, -0.2) is 0 Å². The van der Waals surface area contributed by atoms with Crippen LogP contribution in [0, 0.1) is 0 Å². The summed E-state index contributed by atoms with van der Waals surface area (Å²) < 4.78 is 10.4. The summed E-state index contributed by atoms with van der Waals surface area (Å²) in [6, 6.07) is 10.7. The van der Waals surface area contributed by atoms with Gasteiger partial charge in [-0.3, -0.25) is 4.99 Å². The van der Waals surface area contributed by atoms with Gasteiger partial charge in [0, 0.05) is 11.2 Å². The van der Waals surface area contributed by atoms with Gasteiger partial charge in [-0.05, 0) is 42.0 Å². The predicted molar refractivity (Wildman–Crippen MR) is 83.3 cm³/mol. The molecule has 0 aliphatic heterocycles. The maximum Gasteiger partial charge on any atom is 0.161 e. The number of halogens is 2. The molecule has 0 saturated heterocycles. The Hall–Kier alpha value is -1.71. The summed E-state index contributed by atoms with van der Waals surface area (Å²) in [5.74, 6) is 1.33. The van der Waals surface area contributed by atoms with Gasteiger partial charge in [-0.1, -0.05) is 23.2 Å². The molecule has 0 aliphatic rings. The van der Waals surface area contributed by atoms with E-state index in [4.69, 9.17) is 32.7 Å². The van der Waals surface area contributed by atoms with Crippen LogP contribution in [0.15, 0.2) is 41.4 Å². The minimum atomic E-state index is 0.509. The average molecular weight is 310 g/mol. The Morgan fingerprint density at radius 3 is 2.35 bits per heavy atom. The standard InChI is InChI=1S/C15H13Cl2NO2/c1-19-14-6-3-10(7-15(14)20-2)9-18-13-5-4-11(16)8-12(13)17/h3-9H,1-2H3. The van der Waals surface area contributed by atoms with Crippen molar-refractivity contribution >= 4 is 35.1 Å². The minimum absolute atomic E-state index is 0.509. The molecule has 0 radical (unpaired) electrons. The molecule has 0 saturated carbocycles. The van der Waals surface area contributed by atoms with Gasteiger partial charge in [-0.2, -0.15) is 0 Å². The van der Waals surface area contributed by atoms with E-state index in [-0.39, 0.29) is 0 Å². The Morgan fingerprint density at radius 2 is 1.70 bits per heavy atom. The molecule has 20 heavy (non-hydrogen) atoms. The number of nitrogens with zero attached hydrogens (tertiary/aromatic N) is 1. The highest BCUT2D eigenvalue weighted by atomic mass is 35.5. The number of ether oxygens (including phenoxy) is 2. The summed E-state index contributed by atoms with van der Waals surface area (Å²) >= 11 is 11.9. The fraction of sp³-hybridized carbons (Fsp3) is 0.133. The Balaban J connectivity index is 2.27. The molecule has 0 heterocycles. The fourth-order valence-corrected chi connectivity index (χ4v) is 2.12. The van der Waals surface area contributed by atoms with E-state index in [1.165, 1.54) is 0 Å². The van der Waals surface area contributed by atoms with E-state index < -0.39 is 0 Å². The van der Waals surface area contributed by atoms with Crippen molar-refractivity contribution in [2.75, 3.05) is 14.2 Å². The van der Waals surface area contributed by atoms with Crippen LogP contribution in [0.3, 0.4) is 0 Å². The summed E-state index contributed by atoms with van der Waals surface area (Å²) in [7, 11) is 3.19. The number of hydrogen-bond donors (Lipinski definition) is 0. The van der Waals surface area contributed by atoms with Crippen LogP contribution in [0.25, 0.3) is 0 Å². The molecule has 2 rings (SSSR count). The van der Waals surface area contributed by atoms with E-state index in [0.29, 0.717) is 27.2 Å². The third-order valence-electron chi connectivity index (χ3n) is 2.67. The average Bonchev–Trinajstić information content (AvgIpc) is 2.46. The molecule has 0 fully saturated rings. The molecular weight excluding hydrogens is 297 g/mol. The van der Waals surface area contributed by atoms with Crippen LogP contribution < -0.4 is 9.47 Å². The SMILES string of the molecule is COc1ccc(C=Nc2ccc(Cl)cc2Cl)cc1OC. The topological polar surface area (TPSA) is 30.8 Å². The van der Waals surface area contributed by atoms with E-state index in [1.807, 2.05) is 18.2 Å². The van der Waals surface area contributed by atoms with E-state index in [1.54, 1.807) is 38.6 Å². The quantitative estimate of drug-likeness (QED) is 0.762. The van der Waals surface area contributed by atoms with Crippen molar-refractivity contribution in [2.45, 2.75) is 0 Å². The summed E-state index contributed by atoms with van der Waals surface area (Å²) in [6.45, 7) is 0. The molecular formula is C15H13Cl2NO2. The van der Waals surface area contributed by atoms with E-state index >= 15 is 0 Å². The fourth-order valence-electron chi connectivity index (χ4n) is 1.66. The van der Waals surface area contributed by atoms with Crippen LogP contribution in [0.2, 0.25) is 10.0 Å². The number of rotatable bonds is 4. The summed E-state index contributed by atoms with van der Waals surface area (Å²) in [6.07, 6.45) is 1.71. The largest absolute Gasteiger partial charge is 0.493 e. The van der Waals surface area contributed by atoms with Gasteiger partial charge in [0.2, 0.25) is 0 Å². The Kier molecular flexibility index (Phi) is 4.88. The number of aliphatic imine (C=N–C) groups is 1. The van der Waals surface area contributed by atoms with Crippen molar-refractivity contribution in [3.8, 4) is 11.5 Å². The highest BCUT2D eigenvalue weighted by molar-refractivity contribution is 6.36. The minimum Gasteiger partial charge on any atom is -0.493 e. The van der Waals surface area contributed by atoms with Crippen molar-refractivity contribution in [1.82, 2.24) is 0 Å². The Bertz CT molecular complexity index is 642. The highest BCUT2D eigenvalue weighted by Gasteiger charge is 2.03. The van der Waals surface area contributed by atoms with Crippen LogP contribution in [0.4, 0.5) is 5.69 Å². The molecule has 3 nitrogen and oxygen atoms in total. The van der Waals surface area contributed by atoms with Crippen molar-refractivity contribution in [2.24, 2.45) is 4.99 Å². The molecule has 2 aromatic carbocycles. The lowest BCUT2D eigenvalue weighted by atomic mass is 10.2. The lowest BCUT2D eigenvalue weighted by molar-refractivity contribution is 0.355. The molecule has 0 unspecified atom stereocenters. The van der Waals surface area contributed by atoms with Gasteiger partial charge in [0.1, 0.15) is 0 Å². The zero-order valence-corrected chi connectivity index (χ0v) is 12.6. The lowest BCUT2D eigenvalue weighted by Gasteiger charge is -2.07. The van der Waals surface area contributed by atoms with Gasteiger partial charge in [0.15, 0.2) is 11.5 Å². The van der Waals surface area contributed by atoms with Gasteiger partial charge in [-0.15, -0.1) is 0 Å². The second kappa shape index (κ2) is 6.64. The third-order valence-corrected chi connectivity index (χ3v) is 3.21. The maximum absolute atomic E-state index is 6.06. The summed E-state index contributed by atoms with van der Waals surface area (Å²) in [5, 5.41) is 1.09. The molecule has 0 N–H and O–H groups in total. The smallest absolute Gasteiger partial charge is 0.161 e. The number of methoxy groups -OCH3 is 2. The first-order valence-electron chi connectivity index (χ1n) is 5.85. The first-order chi connectivity index (χ1) is 9.63. The number of benzene rings is 2. The molecule has 104 valence electrons. The van der Waals surface area contributed by atoms with E-state index in [2.05, 4.69) is 4.99 Å². The van der Waals surface area contributed by atoms with Gasteiger partial charge in [0.25, 0.3) is 0 Å². The molecule has 5 heteroatoms. The first-order valence-corrected chi connectivity index (χ1v) is 6.61. The van der Waals surface area contributed by atoms with Crippen LogP contribution in [-0.2, 0) is 0 Å². The summed E-state index contributed by atoms with van der Waals surface area (Å²) in [5.41, 5.74) is 1.54. The second-order valence-electron chi connectivity index (χ2n) is 3.97. The van der Waals surface area contributed by atoms with Crippen molar-refractivity contribution in [1.29, 1.82) is 0 Å². The molecule has 0 bridgehead atoms. The van der Waals surface area contributed by atoms with Gasteiger partial charge in [0.05, 0.1) is 24.9 Å². The van der Waals surface area contributed by atoms with Crippen LogP contribution in [-0.4, -0.2) is 20.4 Å². The molecule has 0 amide bonds. The van der Waals surface area contributed by atoms with Crippen molar-refractivity contribution in [3.63, 3.8) is 0 Å². The Labute approximate surface area is 127 Å². The highest BCUT2D eigenvalue weighted by Crippen LogP contribution is 2.29.